The molecule has 3 aliphatic rings. The van der Waals surface area contributed by atoms with Gasteiger partial charge in [-0.15, -0.1) is 0 Å². The van der Waals surface area contributed by atoms with E-state index in [1.54, 1.807) is 0 Å². The molecule has 0 N–H and O–H groups in total. The molecule has 12 heteroatoms. The van der Waals surface area contributed by atoms with Crippen LogP contribution in [0.2, 0.25) is 39.3 Å². The van der Waals surface area contributed by atoms with Gasteiger partial charge in [-0.25, -0.2) is 44.9 Å². The molecule has 147 heavy (non-hydrogen) atoms. The first-order valence-electron chi connectivity index (χ1n) is 50.4. The molecule has 0 atom stereocenters. The van der Waals surface area contributed by atoms with Crippen molar-refractivity contribution in [3.05, 3.63) is 491 Å². The quantitative estimate of drug-likeness (QED) is 0.0925. The fourth-order valence-electron chi connectivity index (χ4n) is 22.2. The van der Waals surface area contributed by atoms with Crippen LogP contribution >= 0.6 is 0 Å². The topological polar surface area (TPSA) is 116 Å². The fourth-order valence-corrected chi connectivity index (χ4v) is 31.8. The Kier molecular flexibility index (Phi) is 23.2. The molecule has 0 aliphatic carbocycles. The predicted molar refractivity (Wildman–Crippen MR) is 620 cm³/mol. The minimum atomic E-state index is -2.04. The molecule has 0 amide bonds. The molecule has 27 rings (SSSR count). The van der Waals surface area contributed by atoms with Gasteiger partial charge >= 0.3 is 0 Å². The molecular weight excluding hydrogens is 1830 g/mol. The highest BCUT2D eigenvalue weighted by Gasteiger charge is 2.42. The monoisotopic (exact) mass is 1930 g/mol. The molecule has 0 spiro atoms. The van der Waals surface area contributed by atoms with Crippen molar-refractivity contribution in [2.75, 3.05) is 0 Å². The van der Waals surface area contributed by atoms with Crippen LogP contribution in [0.3, 0.4) is 0 Å². The van der Waals surface area contributed by atoms with Crippen molar-refractivity contribution in [1.29, 1.82) is 0 Å². The highest BCUT2D eigenvalue weighted by atomic mass is 28.3. The molecule has 0 unspecified atom stereocenters. The summed E-state index contributed by atoms with van der Waals surface area (Å²) in [6, 6.07) is 175. The van der Waals surface area contributed by atoms with Crippen molar-refractivity contribution in [2.24, 2.45) is 0 Å². The van der Waals surface area contributed by atoms with E-state index in [0.717, 1.165) is 99.6 Å². The summed E-state index contributed by atoms with van der Waals surface area (Å²) in [5.41, 5.74) is 30.8. The molecule has 0 saturated carbocycles. The van der Waals surface area contributed by atoms with Crippen LogP contribution in [0.15, 0.2) is 491 Å². The molecule has 21 aromatic carbocycles. The summed E-state index contributed by atoms with van der Waals surface area (Å²) in [4.78, 5) is 46.9. The molecule has 24 aromatic rings. The zero-order chi connectivity index (χ0) is 98.9. The number of fused-ring (bicyclic) bond motifs is 12. The second-order valence-corrected chi connectivity index (χ2v) is 52.8. The Morgan fingerprint density at radius 1 is 0.116 bits per heavy atom. The highest BCUT2D eigenvalue weighted by molar-refractivity contribution is 7.05. The van der Waals surface area contributed by atoms with Gasteiger partial charge in [0, 0.05) is 50.1 Å². The van der Waals surface area contributed by atoms with Gasteiger partial charge in [0.2, 0.25) is 0 Å². The molecule has 9 nitrogen and oxygen atoms in total. The number of benzene rings is 21. The van der Waals surface area contributed by atoms with Crippen LogP contribution in [0.4, 0.5) is 0 Å². The lowest BCUT2D eigenvalue weighted by atomic mass is 9.98. The summed E-state index contributed by atoms with van der Waals surface area (Å²) >= 11 is 0. The maximum absolute atomic E-state index is 5.30. The van der Waals surface area contributed by atoms with E-state index < -0.39 is 24.2 Å². The largest absolute Gasteiger partial charge is 0.208 e. The van der Waals surface area contributed by atoms with Crippen molar-refractivity contribution in [2.45, 2.75) is 39.3 Å². The van der Waals surface area contributed by atoms with E-state index in [4.69, 9.17) is 44.9 Å². The Morgan fingerprint density at radius 3 is 0.701 bits per heavy atom. The molecule has 3 aromatic heterocycles. The maximum Gasteiger partial charge on any atom is 0.164 e. The molecule has 696 valence electrons. The van der Waals surface area contributed by atoms with Crippen LogP contribution < -0.4 is 31.1 Å². The van der Waals surface area contributed by atoms with Gasteiger partial charge in [0.05, 0.1) is 0 Å². The average Bonchev–Trinajstić information content (AvgIpc) is 1.57. The van der Waals surface area contributed by atoms with E-state index in [9.17, 15) is 0 Å². The summed E-state index contributed by atoms with van der Waals surface area (Å²) in [7, 11) is -5.70. The minimum Gasteiger partial charge on any atom is -0.208 e. The van der Waals surface area contributed by atoms with Crippen LogP contribution in [0, 0.1) is 0 Å². The van der Waals surface area contributed by atoms with E-state index in [1.165, 1.54) is 114 Å². The maximum atomic E-state index is 5.30. The lowest BCUT2D eigenvalue weighted by Crippen LogP contribution is -2.50. The number of aromatic nitrogens is 9. The SMILES string of the molecule is C[Si]1(C)c2ccccc2-c2cc(-c3nc(-c4ccc5cc(-c6ccccc6)ccc5c4)nc(-c4ccccc4-c4ccccc4)n3)ccc21.C[Si]1(C)c2ccccc2-c2ccc(-c3nc(-c4ccc5cc(-c6ccccc6)ccc5c4)nc(-c4ccccc4-c4ccccc4)n3)cc21.C[Si]1(C)c2ccccc2-c2cccc(-c3nc(-c4ccc5cc(-c6ccccc6)ccc5c4)nc(-c4ccccc4-c4ccccc4)n3)c21. The second kappa shape index (κ2) is 37.7. The van der Waals surface area contributed by atoms with Crippen molar-refractivity contribution < 1.29 is 0 Å². The first-order chi connectivity index (χ1) is 72.1. The van der Waals surface area contributed by atoms with E-state index in [1.807, 2.05) is 18.2 Å². The van der Waals surface area contributed by atoms with Gasteiger partial charge in [-0.1, -0.05) is 488 Å². The summed E-state index contributed by atoms with van der Waals surface area (Å²) in [5, 5.41) is 15.7. The van der Waals surface area contributed by atoms with Crippen molar-refractivity contribution in [3.8, 4) is 203 Å². The molecule has 0 bridgehead atoms. The fraction of sp³-hybridized carbons (Fsp3) is 0.0444. The molecular formula is C135H99N9Si3. The van der Waals surface area contributed by atoms with Gasteiger partial charge in [-0.05, 0) is 206 Å². The van der Waals surface area contributed by atoms with E-state index in [-0.39, 0.29) is 0 Å². The summed E-state index contributed by atoms with van der Waals surface area (Å²) in [6.45, 7) is 14.7. The minimum absolute atomic E-state index is 0.660. The molecule has 6 heterocycles. The van der Waals surface area contributed by atoms with E-state index in [2.05, 4.69) is 512 Å². The normalized spacial score (nSPS) is 12.9. The lowest BCUT2D eigenvalue weighted by Gasteiger charge is -2.22. The van der Waals surface area contributed by atoms with Crippen LogP contribution in [-0.2, 0) is 0 Å². The third-order valence-electron chi connectivity index (χ3n) is 29.8. The summed E-state index contributed by atoms with van der Waals surface area (Å²) in [5.74, 6) is 6.07. The van der Waals surface area contributed by atoms with Gasteiger partial charge < -0.3 is 0 Å². The second-order valence-electron chi connectivity index (χ2n) is 39.8. The van der Waals surface area contributed by atoms with Gasteiger partial charge in [-0.2, -0.15) is 0 Å². The summed E-state index contributed by atoms with van der Waals surface area (Å²) < 4.78 is 0. The van der Waals surface area contributed by atoms with Gasteiger partial charge in [0.25, 0.3) is 0 Å². The number of hydrogen-bond donors (Lipinski definition) is 0. The first kappa shape index (κ1) is 90.4. The third kappa shape index (κ3) is 17.0. The first-order valence-corrected chi connectivity index (χ1v) is 59.4. The van der Waals surface area contributed by atoms with E-state index in [0.29, 0.717) is 52.4 Å². The molecule has 0 radical (unpaired) electrons. The zero-order valence-corrected chi connectivity index (χ0v) is 85.3. The Balaban J connectivity index is 0.000000115. The Labute approximate surface area is 859 Å². The number of hydrogen-bond acceptors (Lipinski definition) is 9. The predicted octanol–water partition coefficient (Wildman–Crippen LogP) is 30.5. The average molecular weight is 1930 g/mol. The van der Waals surface area contributed by atoms with Crippen molar-refractivity contribution in [1.82, 2.24) is 44.9 Å². The molecule has 0 saturated heterocycles. The number of nitrogens with zero attached hydrogens (tertiary/aromatic N) is 9. The summed E-state index contributed by atoms with van der Waals surface area (Å²) in [6.07, 6.45) is 0. The van der Waals surface area contributed by atoms with E-state index >= 15 is 0 Å². The standard InChI is InChI=1S/3C45H33N3Si/c1-49(2)41-23-12-11-19-37(41)38-21-13-22-40(42(38)49)45-47-43(46-44(48-45)39-20-10-9-18-36(39)31-16-7-4-8-17-31)35-27-26-33-28-32(24-25-34(33)29-35)30-14-5-3-6-15-30;1-49(2)41-20-12-11-18-38(41)39-26-25-36(29-42(39)49)44-46-43(47-45(48-44)40-19-10-9-17-37(40)31-15-7-4-8-16-31)35-24-23-33-27-32(21-22-34(33)28-35)30-13-5-3-6-14-30;1-49(2)41-20-12-11-18-38(41)40-29-36(25-26-42(40)49)44-46-43(47-45(48-44)39-19-10-9-17-37(39)31-15-7-4-8-16-31)35-24-23-33-27-32(21-22-34(33)28-35)30-13-5-3-6-14-30/h3*3-29H,1-2H3. The van der Waals surface area contributed by atoms with Crippen LogP contribution in [0.5, 0.6) is 0 Å². The van der Waals surface area contributed by atoms with Gasteiger partial charge in [-0.3, -0.25) is 0 Å². The van der Waals surface area contributed by atoms with Crippen LogP contribution in [-0.4, -0.2) is 69.1 Å². The van der Waals surface area contributed by atoms with Gasteiger partial charge in [0.15, 0.2) is 52.4 Å². The Morgan fingerprint density at radius 2 is 0.333 bits per heavy atom. The van der Waals surface area contributed by atoms with Gasteiger partial charge in [0.1, 0.15) is 24.2 Å². The highest BCUT2D eigenvalue weighted by Crippen LogP contribution is 2.43. The molecule has 3 aliphatic heterocycles. The van der Waals surface area contributed by atoms with Crippen molar-refractivity contribution >= 4 is 87.7 Å². The number of rotatable bonds is 15. The Hall–Kier alpha value is -17.9. The molecule has 0 fully saturated rings. The Bertz CT molecular complexity index is 9250. The van der Waals surface area contributed by atoms with Crippen LogP contribution in [0.25, 0.3) is 235 Å². The zero-order valence-electron chi connectivity index (χ0n) is 82.3. The third-order valence-corrected chi connectivity index (χ3v) is 40.5. The smallest absolute Gasteiger partial charge is 0.164 e. The van der Waals surface area contributed by atoms with Crippen LogP contribution in [0.1, 0.15) is 0 Å². The lowest BCUT2D eigenvalue weighted by molar-refractivity contribution is 1.07. The van der Waals surface area contributed by atoms with Crippen molar-refractivity contribution in [3.63, 3.8) is 0 Å².